The number of hydrogen-bond donors (Lipinski definition) is 1. The minimum Gasteiger partial charge on any atom is -0.368 e. The quantitative estimate of drug-likeness (QED) is 0.819. The highest BCUT2D eigenvalue weighted by molar-refractivity contribution is 5.87. The van der Waals surface area contributed by atoms with Gasteiger partial charge in [-0.25, -0.2) is 9.97 Å². The van der Waals surface area contributed by atoms with E-state index in [2.05, 4.69) is 10.3 Å². The van der Waals surface area contributed by atoms with E-state index in [1.807, 2.05) is 55.3 Å². The fraction of sp³-hybridized carbons (Fsp3) is 0.500. The Morgan fingerprint density at radius 1 is 1.16 bits per heavy atom. The number of carbonyl (C=O) groups is 2. The maximum Gasteiger partial charge on any atom is 0.245 e. The van der Waals surface area contributed by atoms with Crippen molar-refractivity contribution in [1.82, 2.24) is 20.2 Å². The monoisotopic (exact) mass is 422 g/mol. The summed E-state index contributed by atoms with van der Waals surface area (Å²) in [7, 11) is 0. The third-order valence-corrected chi connectivity index (χ3v) is 6.25. The molecule has 1 atom stereocenters. The number of hydrogen-bond acceptors (Lipinski definition) is 5. The average Bonchev–Trinajstić information content (AvgIpc) is 2.78. The molecule has 1 fully saturated rings. The van der Waals surface area contributed by atoms with Crippen molar-refractivity contribution in [3.63, 3.8) is 0 Å². The van der Waals surface area contributed by atoms with Crippen LogP contribution in [-0.2, 0) is 26.3 Å². The highest BCUT2D eigenvalue weighted by Gasteiger charge is 2.44. The van der Waals surface area contributed by atoms with Gasteiger partial charge in [0.25, 0.3) is 0 Å². The normalized spacial score (nSPS) is 18.5. The van der Waals surface area contributed by atoms with Crippen molar-refractivity contribution in [3.8, 4) is 11.4 Å². The van der Waals surface area contributed by atoms with Crippen LogP contribution >= 0.6 is 0 Å². The first-order chi connectivity index (χ1) is 14.9. The van der Waals surface area contributed by atoms with E-state index in [4.69, 9.17) is 9.72 Å². The maximum atomic E-state index is 13.1. The van der Waals surface area contributed by atoms with E-state index in [1.165, 1.54) is 6.92 Å². The number of carbonyl (C=O) groups excluding carboxylic acids is 2. The van der Waals surface area contributed by atoms with Gasteiger partial charge in [-0.1, -0.05) is 44.2 Å². The lowest BCUT2D eigenvalue weighted by Crippen LogP contribution is -2.55. The average molecular weight is 423 g/mol. The second-order valence-electron chi connectivity index (χ2n) is 8.77. The van der Waals surface area contributed by atoms with Crippen molar-refractivity contribution in [2.45, 2.75) is 51.7 Å². The lowest BCUT2D eigenvalue weighted by atomic mass is 9.83. The molecule has 4 rings (SSSR count). The summed E-state index contributed by atoms with van der Waals surface area (Å²) in [6.07, 6.45) is 4.09. The summed E-state index contributed by atoms with van der Waals surface area (Å²) >= 11 is 0. The molecule has 0 bridgehead atoms. The summed E-state index contributed by atoms with van der Waals surface area (Å²) in [5.74, 6) is 0.521. The molecule has 2 aromatic rings. The number of amides is 2. The van der Waals surface area contributed by atoms with Crippen LogP contribution in [0.4, 0.5) is 0 Å². The number of ether oxygens (including phenoxy) is 1. The number of likely N-dealkylation sites (tertiary alicyclic amines) is 1. The molecular weight excluding hydrogens is 392 g/mol. The SMILES string of the molecule is CC(=O)NC(C(=O)N1CCC2(CC1)OCCc1cnc(-c3ccccc3)nc12)C(C)C. The molecule has 0 radical (unpaired) electrons. The Morgan fingerprint density at radius 2 is 1.87 bits per heavy atom. The van der Waals surface area contributed by atoms with Gasteiger partial charge in [0.05, 0.1) is 12.3 Å². The summed E-state index contributed by atoms with van der Waals surface area (Å²) in [5.41, 5.74) is 2.58. The van der Waals surface area contributed by atoms with Crippen LogP contribution in [0.1, 0.15) is 44.9 Å². The molecule has 7 nitrogen and oxygen atoms in total. The molecule has 1 aromatic heterocycles. The van der Waals surface area contributed by atoms with Gasteiger partial charge >= 0.3 is 0 Å². The van der Waals surface area contributed by atoms with E-state index in [1.54, 1.807) is 0 Å². The zero-order valence-electron chi connectivity index (χ0n) is 18.4. The van der Waals surface area contributed by atoms with Crippen LogP contribution < -0.4 is 5.32 Å². The van der Waals surface area contributed by atoms with Gasteiger partial charge in [-0.15, -0.1) is 0 Å². The van der Waals surface area contributed by atoms with E-state index in [-0.39, 0.29) is 17.7 Å². The van der Waals surface area contributed by atoms with Gasteiger partial charge in [0, 0.05) is 31.8 Å². The van der Waals surface area contributed by atoms with E-state index in [0.717, 1.165) is 23.2 Å². The van der Waals surface area contributed by atoms with Gasteiger partial charge in [-0.2, -0.15) is 0 Å². The second-order valence-corrected chi connectivity index (χ2v) is 8.77. The molecule has 2 aliphatic heterocycles. The second kappa shape index (κ2) is 8.75. The van der Waals surface area contributed by atoms with Crippen LogP contribution in [0.5, 0.6) is 0 Å². The standard InChI is InChI=1S/C24H30N4O3/c1-16(2)20(26-17(3)29)23(30)28-12-10-24(11-13-28)21-19(9-14-31-24)15-25-22(27-21)18-7-5-4-6-8-18/h4-8,15-16,20H,9-14H2,1-3H3,(H,26,29). The number of nitrogens with zero attached hydrogens (tertiary/aromatic N) is 3. The molecule has 2 aliphatic rings. The minimum absolute atomic E-state index is 0.0243. The Labute approximate surface area is 183 Å². The van der Waals surface area contributed by atoms with Gasteiger partial charge in [0.2, 0.25) is 11.8 Å². The highest BCUT2D eigenvalue weighted by atomic mass is 16.5. The van der Waals surface area contributed by atoms with Crippen LogP contribution in [-0.4, -0.2) is 52.4 Å². The first kappa shape index (κ1) is 21.4. The Morgan fingerprint density at radius 3 is 2.52 bits per heavy atom. The van der Waals surface area contributed by atoms with Crippen molar-refractivity contribution in [2.24, 2.45) is 5.92 Å². The van der Waals surface area contributed by atoms with Crippen molar-refractivity contribution in [1.29, 1.82) is 0 Å². The number of aromatic nitrogens is 2. The fourth-order valence-electron chi connectivity index (χ4n) is 4.53. The van der Waals surface area contributed by atoms with E-state index < -0.39 is 11.6 Å². The number of nitrogens with one attached hydrogen (secondary N) is 1. The predicted octanol–water partition coefficient (Wildman–Crippen LogP) is 2.69. The molecule has 0 aliphatic carbocycles. The third-order valence-electron chi connectivity index (χ3n) is 6.25. The lowest BCUT2D eigenvalue weighted by Gasteiger charge is -2.44. The van der Waals surface area contributed by atoms with Crippen LogP contribution in [0, 0.1) is 5.92 Å². The summed E-state index contributed by atoms with van der Waals surface area (Å²) < 4.78 is 6.33. The summed E-state index contributed by atoms with van der Waals surface area (Å²) in [6, 6.07) is 9.45. The molecule has 1 N–H and O–H groups in total. The van der Waals surface area contributed by atoms with Crippen LogP contribution in [0.3, 0.4) is 0 Å². The van der Waals surface area contributed by atoms with E-state index in [0.29, 0.717) is 38.4 Å². The van der Waals surface area contributed by atoms with Gasteiger partial charge in [0.1, 0.15) is 11.6 Å². The Balaban J connectivity index is 1.55. The molecule has 1 aromatic carbocycles. The Bertz CT molecular complexity index is 953. The van der Waals surface area contributed by atoms with Crippen LogP contribution in [0.25, 0.3) is 11.4 Å². The zero-order valence-corrected chi connectivity index (χ0v) is 18.4. The molecule has 1 saturated heterocycles. The zero-order chi connectivity index (χ0) is 22.0. The number of benzene rings is 1. The molecule has 2 amide bonds. The Hall–Kier alpha value is -2.80. The smallest absolute Gasteiger partial charge is 0.245 e. The maximum absolute atomic E-state index is 13.1. The van der Waals surface area contributed by atoms with E-state index >= 15 is 0 Å². The first-order valence-electron chi connectivity index (χ1n) is 11.0. The van der Waals surface area contributed by atoms with Gasteiger partial charge in [-0.3, -0.25) is 9.59 Å². The molecule has 0 saturated carbocycles. The molecule has 164 valence electrons. The molecule has 3 heterocycles. The van der Waals surface area contributed by atoms with Crippen LogP contribution in [0.2, 0.25) is 0 Å². The number of rotatable bonds is 4. The summed E-state index contributed by atoms with van der Waals surface area (Å²) in [5, 5.41) is 2.81. The molecule has 31 heavy (non-hydrogen) atoms. The summed E-state index contributed by atoms with van der Waals surface area (Å²) in [4.78, 5) is 36.0. The largest absolute Gasteiger partial charge is 0.368 e. The highest BCUT2D eigenvalue weighted by Crippen LogP contribution is 2.41. The minimum atomic E-state index is -0.502. The summed E-state index contributed by atoms with van der Waals surface area (Å²) in [6.45, 7) is 7.14. The Kier molecular flexibility index (Phi) is 6.05. The van der Waals surface area contributed by atoms with Crippen LogP contribution in [0.15, 0.2) is 36.5 Å². The topological polar surface area (TPSA) is 84.4 Å². The third kappa shape index (κ3) is 4.32. The molecular formula is C24H30N4O3. The van der Waals surface area contributed by atoms with Crippen molar-refractivity contribution >= 4 is 11.8 Å². The molecule has 1 unspecified atom stereocenters. The molecule has 1 spiro atoms. The van der Waals surface area contributed by atoms with Gasteiger partial charge in [0.15, 0.2) is 5.82 Å². The van der Waals surface area contributed by atoms with Gasteiger partial charge in [-0.05, 0) is 30.7 Å². The lowest BCUT2D eigenvalue weighted by molar-refractivity contribution is -0.145. The van der Waals surface area contributed by atoms with Crippen molar-refractivity contribution < 1.29 is 14.3 Å². The first-order valence-corrected chi connectivity index (χ1v) is 11.0. The number of piperidine rings is 1. The fourth-order valence-corrected chi connectivity index (χ4v) is 4.53. The number of fused-ring (bicyclic) bond motifs is 2. The van der Waals surface area contributed by atoms with Crippen molar-refractivity contribution in [2.75, 3.05) is 19.7 Å². The molecule has 7 heteroatoms. The van der Waals surface area contributed by atoms with Gasteiger partial charge < -0.3 is 15.0 Å². The van der Waals surface area contributed by atoms with E-state index in [9.17, 15) is 9.59 Å². The van der Waals surface area contributed by atoms with Crippen molar-refractivity contribution in [3.05, 3.63) is 47.8 Å². The predicted molar refractivity (Wildman–Crippen MR) is 117 cm³/mol.